The van der Waals surface area contributed by atoms with E-state index in [4.69, 9.17) is 9.47 Å². The Hall–Kier alpha value is 0.200. The largest absolute Gasteiger partial charge is 0.490 e. The van der Waals surface area contributed by atoms with Crippen LogP contribution in [-0.2, 0) is 9.47 Å². The van der Waals surface area contributed by atoms with Crippen LogP contribution in [-0.4, -0.2) is 23.6 Å². The van der Waals surface area contributed by atoms with Crippen molar-refractivity contribution >= 4 is 31.9 Å². The van der Waals surface area contributed by atoms with Crippen LogP contribution in [0.4, 0.5) is 0 Å². The fourth-order valence-corrected chi connectivity index (χ4v) is 2.88. The van der Waals surface area contributed by atoms with Gasteiger partial charge in [-0.15, -0.1) is 0 Å². The summed E-state index contributed by atoms with van der Waals surface area (Å²) in [6, 6.07) is 0. The highest BCUT2D eigenvalue weighted by Gasteiger charge is 2.27. The van der Waals surface area contributed by atoms with Crippen LogP contribution in [0.3, 0.4) is 0 Å². The Balaban J connectivity index is 1.94. The normalized spacial score (nSPS) is 36.1. The maximum absolute atomic E-state index is 5.61. The minimum Gasteiger partial charge on any atom is -0.490 e. The molecule has 0 saturated carbocycles. The summed E-state index contributed by atoms with van der Waals surface area (Å²) >= 11 is 7.15. The van der Waals surface area contributed by atoms with Gasteiger partial charge in [-0.2, -0.15) is 0 Å². The van der Waals surface area contributed by atoms with Gasteiger partial charge in [0.15, 0.2) is 0 Å². The number of alkyl halides is 1. The Morgan fingerprint density at radius 3 is 3.00 bits per heavy atom. The molecule has 0 bridgehead atoms. The molecule has 2 nitrogen and oxygen atoms in total. The Kier molecular flexibility index (Phi) is 3.05. The van der Waals surface area contributed by atoms with E-state index in [-0.39, 0.29) is 4.32 Å². The van der Waals surface area contributed by atoms with Gasteiger partial charge in [0, 0.05) is 15.2 Å². The molecular weight excluding hydrogens is 312 g/mol. The highest BCUT2D eigenvalue weighted by atomic mass is 79.9. The third-order valence-corrected chi connectivity index (χ3v) is 3.39. The lowest BCUT2D eigenvalue weighted by Crippen LogP contribution is -2.16. The van der Waals surface area contributed by atoms with Crippen LogP contribution in [0.15, 0.2) is 22.4 Å². The summed E-state index contributed by atoms with van der Waals surface area (Å²) in [6.45, 7) is 3.63. The molecule has 78 valence electrons. The van der Waals surface area contributed by atoms with E-state index in [9.17, 15) is 0 Å². The van der Waals surface area contributed by atoms with Crippen molar-refractivity contribution in [3.8, 4) is 0 Å². The van der Waals surface area contributed by atoms with Gasteiger partial charge in [0.25, 0.3) is 0 Å². The van der Waals surface area contributed by atoms with Crippen LogP contribution >= 0.6 is 31.9 Å². The molecule has 0 radical (unpaired) electrons. The topological polar surface area (TPSA) is 21.8 Å². The Bertz CT molecular complexity index is 290. The van der Waals surface area contributed by atoms with Crippen molar-refractivity contribution in [3.63, 3.8) is 0 Å². The lowest BCUT2D eigenvalue weighted by atomic mass is 10.0. The van der Waals surface area contributed by atoms with Gasteiger partial charge >= 0.3 is 0 Å². The van der Waals surface area contributed by atoms with Gasteiger partial charge in [-0.3, -0.25) is 0 Å². The summed E-state index contributed by atoms with van der Waals surface area (Å²) in [5.74, 6) is 0.928. The smallest absolute Gasteiger partial charge is 0.129 e. The summed E-state index contributed by atoms with van der Waals surface area (Å²) in [5.41, 5.74) is 0. The monoisotopic (exact) mass is 322 g/mol. The van der Waals surface area contributed by atoms with Gasteiger partial charge in [0.05, 0.1) is 6.61 Å². The maximum atomic E-state index is 5.61. The van der Waals surface area contributed by atoms with E-state index in [1.165, 1.54) is 0 Å². The van der Waals surface area contributed by atoms with E-state index in [0.717, 1.165) is 23.3 Å². The summed E-state index contributed by atoms with van der Waals surface area (Å²) in [7, 11) is 0. The van der Waals surface area contributed by atoms with Gasteiger partial charge in [0.2, 0.25) is 0 Å². The second-order valence-corrected chi connectivity index (χ2v) is 6.59. The van der Waals surface area contributed by atoms with Crippen LogP contribution in [0.1, 0.15) is 13.3 Å². The molecule has 1 heterocycles. The molecule has 0 aromatic carbocycles. The predicted octanol–water partition coefficient (Wildman–Crippen LogP) is 3.12. The molecule has 1 aliphatic heterocycles. The van der Waals surface area contributed by atoms with Gasteiger partial charge in [-0.25, -0.2) is 0 Å². The number of hydrogen-bond donors (Lipinski definition) is 0. The van der Waals surface area contributed by atoms with E-state index >= 15 is 0 Å². The van der Waals surface area contributed by atoms with Crippen LogP contribution in [0.25, 0.3) is 0 Å². The molecule has 2 atom stereocenters. The van der Waals surface area contributed by atoms with E-state index in [1.54, 1.807) is 0 Å². The van der Waals surface area contributed by atoms with Crippen molar-refractivity contribution in [3.05, 3.63) is 22.4 Å². The van der Waals surface area contributed by atoms with Crippen molar-refractivity contribution < 1.29 is 9.47 Å². The average Bonchev–Trinajstić information content (AvgIpc) is 2.85. The molecule has 2 rings (SSSR count). The van der Waals surface area contributed by atoms with Crippen LogP contribution in [0, 0.1) is 0 Å². The van der Waals surface area contributed by atoms with Crippen molar-refractivity contribution in [2.45, 2.75) is 23.8 Å². The second kappa shape index (κ2) is 3.99. The zero-order chi connectivity index (χ0) is 10.2. The molecule has 0 amide bonds. The van der Waals surface area contributed by atoms with Gasteiger partial charge in [-0.1, -0.05) is 37.9 Å². The Morgan fingerprint density at radius 1 is 1.71 bits per heavy atom. The number of ether oxygens (including phenoxy) is 2. The fraction of sp³-hybridized carbons (Fsp3) is 0.600. The van der Waals surface area contributed by atoms with E-state index < -0.39 is 0 Å². The average molecular weight is 324 g/mol. The zero-order valence-electron chi connectivity index (χ0n) is 7.93. The van der Waals surface area contributed by atoms with Crippen LogP contribution in [0.2, 0.25) is 0 Å². The number of allylic oxidation sites excluding steroid dienone is 3. The third-order valence-electron chi connectivity index (χ3n) is 2.18. The summed E-state index contributed by atoms with van der Waals surface area (Å²) in [5, 5.41) is 0. The molecule has 0 spiro atoms. The van der Waals surface area contributed by atoms with E-state index in [1.807, 2.05) is 6.08 Å². The van der Waals surface area contributed by atoms with Crippen molar-refractivity contribution in [2.24, 2.45) is 0 Å². The molecule has 0 aromatic heterocycles. The lowest BCUT2D eigenvalue weighted by Gasteiger charge is -2.23. The quantitative estimate of drug-likeness (QED) is 0.588. The standard InChI is InChI=1S/C10H12Br2O2/c1-10(12)3-2-9(8(11)4-10)14-6-7-5-13-7/h2-3,7H,4-6H2,1H3. The van der Waals surface area contributed by atoms with Crippen molar-refractivity contribution in [1.82, 2.24) is 0 Å². The van der Waals surface area contributed by atoms with Gasteiger partial charge in [0.1, 0.15) is 18.5 Å². The molecule has 14 heavy (non-hydrogen) atoms. The minimum absolute atomic E-state index is 0.0504. The molecule has 0 aromatic rings. The highest BCUT2D eigenvalue weighted by Crippen LogP contribution is 2.36. The summed E-state index contributed by atoms with van der Waals surface area (Å²) in [4.78, 5) is 0. The molecule has 1 aliphatic carbocycles. The Morgan fingerprint density at radius 2 is 2.43 bits per heavy atom. The summed E-state index contributed by atoms with van der Waals surface area (Å²) in [6.07, 6.45) is 5.35. The van der Waals surface area contributed by atoms with Gasteiger partial charge in [-0.05, 0) is 13.0 Å². The lowest BCUT2D eigenvalue weighted by molar-refractivity contribution is 0.190. The Labute approximate surface area is 101 Å². The fourth-order valence-electron chi connectivity index (χ4n) is 1.26. The molecule has 0 N–H and O–H groups in total. The SMILES string of the molecule is CC1(Br)C=CC(OCC2CO2)=C(Br)C1. The zero-order valence-corrected chi connectivity index (χ0v) is 11.1. The van der Waals surface area contributed by atoms with Crippen LogP contribution in [0.5, 0.6) is 0 Å². The predicted molar refractivity (Wildman–Crippen MR) is 62.7 cm³/mol. The van der Waals surface area contributed by atoms with Crippen molar-refractivity contribution in [1.29, 1.82) is 0 Å². The maximum Gasteiger partial charge on any atom is 0.129 e. The molecule has 1 fully saturated rings. The third kappa shape index (κ3) is 2.84. The number of halogens is 2. The number of rotatable bonds is 3. The second-order valence-electron chi connectivity index (χ2n) is 3.82. The first-order valence-electron chi connectivity index (χ1n) is 4.58. The number of epoxide rings is 1. The summed E-state index contributed by atoms with van der Waals surface area (Å²) < 4.78 is 11.9. The van der Waals surface area contributed by atoms with Crippen LogP contribution < -0.4 is 0 Å². The molecule has 1 saturated heterocycles. The van der Waals surface area contributed by atoms with Gasteiger partial charge < -0.3 is 9.47 Å². The minimum atomic E-state index is 0.0504. The van der Waals surface area contributed by atoms with E-state index in [0.29, 0.717) is 12.7 Å². The molecular formula is C10H12Br2O2. The highest BCUT2D eigenvalue weighted by molar-refractivity contribution is 9.12. The van der Waals surface area contributed by atoms with E-state index in [2.05, 4.69) is 44.9 Å². The van der Waals surface area contributed by atoms with Crippen molar-refractivity contribution in [2.75, 3.05) is 13.2 Å². The molecule has 2 unspecified atom stereocenters. The molecule has 4 heteroatoms. The first-order chi connectivity index (χ1) is 6.57. The number of hydrogen-bond acceptors (Lipinski definition) is 2. The first kappa shape index (κ1) is 10.7. The molecule has 2 aliphatic rings. The first-order valence-corrected chi connectivity index (χ1v) is 6.17.